The first kappa shape index (κ1) is 19.6. The van der Waals surface area contributed by atoms with Crippen molar-refractivity contribution in [3.8, 4) is 11.5 Å². The maximum Gasteiger partial charge on any atom is 0.319 e. The van der Waals surface area contributed by atoms with Gasteiger partial charge in [-0.25, -0.2) is 0 Å². The number of hydrogen-bond acceptors (Lipinski definition) is 6. The third-order valence-corrected chi connectivity index (χ3v) is 3.49. The Morgan fingerprint density at radius 3 is 2.35 bits per heavy atom. The number of benzene rings is 1. The molecular formula is C17H27NO4S. The smallest absolute Gasteiger partial charge is 0.319 e. The van der Waals surface area contributed by atoms with Crippen molar-refractivity contribution in [3.63, 3.8) is 0 Å². The van der Waals surface area contributed by atoms with Gasteiger partial charge in [-0.1, -0.05) is 6.07 Å². The van der Waals surface area contributed by atoms with Crippen LogP contribution in [0.4, 0.5) is 0 Å². The third kappa shape index (κ3) is 6.71. The summed E-state index contributed by atoms with van der Waals surface area (Å²) in [6.07, 6.45) is 6.35. The molecule has 0 heterocycles. The van der Waals surface area contributed by atoms with E-state index in [-0.39, 0.29) is 5.97 Å². The molecule has 2 rings (SSSR count). The van der Waals surface area contributed by atoms with Gasteiger partial charge in [0.05, 0.1) is 27.9 Å². The van der Waals surface area contributed by atoms with Crippen molar-refractivity contribution >= 4 is 17.7 Å². The van der Waals surface area contributed by atoms with Crippen LogP contribution in [-0.4, -0.2) is 57.3 Å². The average Bonchev–Trinajstić information content (AvgIpc) is 3.40. The molecule has 1 aliphatic rings. The Morgan fingerprint density at radius 1 is 1.22 bits per heavy atom. The van der Waals surface area contributed by atoms with Gasteiger partial charge in [0.2, 0.25) is 0 Å². The molecule has 1 aromatic rings. The van der Waals surface area contributed by atoms with Gasteiger partial charge in [0.1, 0.15) is 11.5 Å². The fraction of sp³-hybridized carbons (Fsp3) is 0.588. The number of rotatable bonds is 7. The standard InChI is InChI=1S/C15H21NO4.C2H6S/c1-18-13-7-4-11(14(8-13)19-2)9-16(12-5-6-12)10-15(17)20-3;1-3-2/h4,7-8,12H,5-6,9-10H2,1-3H3;1-2H3. The van der Waals surface area contributed by atoms with Gasteiger partial charge in [0.25, 0.3) is 0 Å². The fourth-order valence-corrected chi connectivity index (χ4v) is 2.19. The minimum absolute atomic E-state index is 0.204. The van der Waals surface area contributed by atoms with E-state index in [4.69, 9.17) is 14.2 Å². The monoisotopic (exact) mass is 341 g/mol. The van der Waals surface area contributed by atoms with Crippen molar-refractivity contribution in [1.82, 2.24) is 4.90 Å². The van der Waals surface area contributed by atoms with Crippen LogP contribution in [0.5, 0.6) is 11.5 Å². The molecule has 0 atom stereocenters. The lowest BCUT2D eigenvalue weighted by molar-refractivity contribution is -0.142. The van der Waals surface area contributed by atoms with Crippen molar-refractivity contribution in [1.29, 1.82) is 0 Å². The minimum atomic E-state index is -0.204. The number of ether oxygens (including phenoxy) is 3. The Morgan fingerprint density at radius 2 is 1.87 bits per heavy atom. The molecule has 0 spiro atoms. The van der Waals surface area contributed by atoms with Crippen LogP contribution in [0.3, 0.4) is 0 Å². The van der Waals surface area contributed by atoms with Crippen LogP contribution < -0.4 is 9.47 Å². The Hall–Kier alpha value is -1.40. The van der Waals surface area contributed by atoms with Crippen LogP contribution in [0.1, 0.15) is 18.4 Å². The number of esters is 1. The van der Waals surface area contributed by atoms with E-state index in [1.807, 2.05) is 30.7 Å². The highest BCUT2D eigenvalue weighted by Gasteiger charge is 2.31. The van der Waals surface area contributed by atoms with E-state index in [1.165, 1.54) is 7.11 Å². The highest BCUT2D eigenvalue weighted by molar-refractivity contribution is 7.97. The summed E-state index contributed by atoms with van der Waals surface area (Å²) in [5, 5.41) is 0. The van der Waals surface area contributed by atoms with Crippen LogP contribution in [0.15, 0.2) is 18.2 Å². The second kappa shape index (κ2) is 10.4. The summed E-state index contributed by atoms with van der Waals surface area (Å²) in [5.41, 5.74) is 1.05. The average molecular weight is 341 g/mol. The molecule has 0 amide bonds. The number of carbonyl (C=O) groups is 1. The number of methoxy groups -OCH3 is 3. The molecule has 1 aromatic carbocycles. The SMILES string of the molecule is COC(=O)CN(Cc1ccc(OC)cc1OC)C1CC1.CSC. The Balaban J connectivity index is 0.000000816. The number of carbonyl (C=O) groups excluding carboxylic acids is 1. The molecule has 1 fully saturated rings. The van der Waals surface area contributed by atoms with E-state index < -0.39 is 0 Å². The maximum absolute atomic E-state index is 11.5. The van der Waals surface area contributed by atoms with Crippen LogP contribution >= 0.6 is 11.8 Å². The first-order chi connectivity index (χ1) is 11.1. The maximum atomic E-state index is 11.5. The molecule has 0 aromatic heterocycles. The number of nitrogens with zero attached hydrogens (tertiary/aromatic N) is 1. The normalized spacial score (nSPS) is 13.1. The molecule has 1 aliphatic carbocycles. The molecule has 130 valence electrons. The van der Waals surface area contributed by atoms with Crippen LogP contribution in [0, 0.1) is 0 Å². The van der Waals surface area contributed by atoms with E-state index in [0.717, 1.165) is 29.9 Å². The molecule has 23 heavy (non-hydrogen) atoms. The highest BCUT2D eigenvalue weighted by Crippen LogP contribution is 2.31. The molecule has 0 N–H and O–H groups in total. The summed E-state index contributed by atoms with van der Waals surface area (Å²) in [5.74, 6) is 1.33. The van der Waals surface area contributed by atoms with Gasteiger partial charge in [0.15, 0.2) is 0 Å². The van der Waals surface area contributed by atoms with Gasteiger partial charge < -0.3 is 14.2 Å². The number of thioether (sulfide) groups is 1. The summed E-state index contributed by atoms with van der Waals surface area (Å²) < 4.78 is 15.3. The molecule has 0 bridgehead atoms. The molecule has 0 aliphatic heterocycles. The first-order valence-electron chi connectivity index (χ1n) is 7.51. The second-order valence-electron chi connectivity index (χ2n) is 5.30. The lowest BCUT2D eigenvalue weighted by Crippen LogP contribution is -2.32. The summed E-state index contributed by atoms with van der Waals surface area (Å²) in [7, 11) is 4.68. The van der Waals surface area contributed by atoms with Crippen molar-refractivity contribution in [2.45, 2.75) is 25.4 Å². The lowest BCUT2D eigenvalue weighted by Gasteiger charge is -2.22. The highest BCUT2D eigenvalue weighted by atomic mass is 32.2. The summed E-state index contributed by atoms with van der Waals surface area (Å²) in [6.45, 7) is 0.989. The predicted molar refractivity (Wildman–Crippen MR) is 94.4 cm³/mol. The quantitative estimate of drug-likeness (QED) is 0.711. The molecule has 0 unspecified atom stereocenters. The zero-order valence-electron chi connectivity index (χ0n) is 14.6. The topological polar surface area (TPSA) is 48.0 Å². The van der Waals surface area contributed by atoms with E-state index in [1.54, 1.807) is 26.0 Å². The van der Waals surface area contributed by atoms with E-state index >= 15 is 0 Å². The number of hydrogen-bond donors (Lipinski definition) is 0. The van der Waals surface area contributed by atoms with E-state index in [2.05, 4.69) is 4.90 Å². The Kier molecular flexibility index (Phi) is 8.87. The largest absolute Gasteiger partial charge is 0.497 e. The van der Waals surface area contributed by atoms with E-state index in [0.29, 0.717) is 19.1 Å². The summed E-state index contributed by atoms with van der Waals surface area (Å²) >= 11 is 1.75. The van der Waals surface area contributed by atoms with Crippen LogP contribution in [0.25, 0.3) is 0 Å². The predicted octanol–water partition coefficient (Wildman–Crippen LogP) is 2.82. The van der Waals surface area contributed by atoms with E-state index in [9.17, 15) is 4.79 Å². The Labute approximate surface area is 143 Å². The van der Waals surface area contributed by atoms with Gasteiger partial charge in [-0.3, -0.25) is 9.69 Å². The van der Waals surface area contributed by atoms with Gasteiger partial charge in [-0.2, -0.15) is 11.8 Å². The van der Waals surface area contributed by atoms with Gasteiger partial charge in [-0.05, 0) is 31.4 Å². The first-order valence-corrected chi connectivity index (χ1v) is 9.14. The van der Waals surface area contributed by atoms with Gasteiger partial charge in [0, 0.05) is 24.2 Å². The van der Waals surface area contributed by atoms with Gasteiger partial charge in [-0.15, -0.1) is 0 Å². The van der Waals surface area contributed by atoms with Crippen LogP contribution in [0.2, 0.25) is 0 Å². The zero-order valence-corrected chi connectivity index (χ0v) is 15.4. The summed E-state index contributed by atoms with van der Waals surface area (Å²) in [4.78, 5) is 13.6. The third-order valence-electron chi connectivity index (χ3n) is 3.49. The van der Waals surface area contributed by atoms with Crippen molar-refractivity contribution in [3.05, 3.63) is 23.8 Å². The summed E-state index contributed by atoms with van der Waals surface area (Å²) in [6, 6.07) is 6.21. The van der Waals surface area contributed by atoms with Gasteiger partial charge >= 0.3 is 5.97 Å². The minimum Gasteiger partial charge on any atom is -0.497 e. The second-order valence-corrected chi connectivity index (χ2v) is 6.11. The zero-order chi connectivity index (χ0) is 17.2. The molecular weight excluding hydrogens is 314 g/mol. The molecule has 0 saturated heterocycles. The van der Waals surface area contributed by atoms with Crippen LogP contribution in [-0.2, 0) is 16.1 Å². The molecule has 5 nitrogen and oxygen atoms in total. The molecule has 0 radical (unpaired) electrons. The molecule has 1 saturated carbocycles. The fourth-order valence-electron chi connectivity index (χ4n) is 2.19. The van der Waals surface area contributed by atoms with Crippen molar-refractivity contribution in [2.24, 2.45) is 0 Å². The molecule has 6 heteroatoms. The lowest BCUT2D eigenvalue weighted by atomic mass is 10.1. The Bertz CT molecular complexity index is 491. The van der Waals surface area contributed by atoms with Crippen molar-refractivity contribution in [2.75, 3.05) is 40.4 Å². The van der Waals surface area contributed by atoms with Crippen molar-refractivity contribution < 1.29 is 19.0 Å².